The first kappa shape index (κ1) is 15.0. The van der Waals surface area contributed by atoms with Crippen LogP contribution in [0, 0.1) is 0 Å². The van der Waals surface area contributed by atoms with E-state index in [4.69, 9.17) is 0 Å². The Morgan fingerprint density at radius 3 is 2.65 bits per heavy atom. The number of aromatic amines is 1. The number of nitrogens with one attached hydrogen (secondary N) is 2. The number of hydrogen-bond acceptors (Lipinski definition) is 2. The number of aryl methyl sites for hydroxylation is 1. The number of pyridine rings is 1. The van der Waals surface area contributed by atoms with E-state index in [1.165, 1.54) is 0 Å². The number of carbonyl (C=O) groups is 1. The fourth-order valence-corrected chi connectivity index (χ4v) is 2.67. The molecule has 1 aromatic heterocycles. The zero-order valence-corrected chi connectivity index (χ0v) is 12.9. The highest BCUT2D eigenvalue weighted by Crippen LogP contribution is 2.22. The minimum Gasteiger partial charge on any atom is -0.329 e. The van der Waals surface area contributed by atoms with Crippen LogP contribution in [0.3, 0.4) is 0 Å². The Balaban J connectivity index is 1.90. The number of amides is 1. The smallest absolute Gasteiger partial charge is 0.255 e. The Morgan fingerprint density at radius 2 is 1.91 bits per heavy atom. The van der Waals surface area contributed by atoms with Crippen molar-refractivity contribution in [2.75, 3.05) is 5.32 Å². The van der Waals surface area contributed by atoms with Gasteiger partial charge in [0.1, 0.15) is 0 Å². The number of carbonyl (C=O) groups excluding carboxylic acids is 1. The van der Waals surface area contributed by atoms with Crippen molar-refractivity contribution in [1.82, 2.24) is 4.98 Å². The van der Waals surface area contributed by atoms with E-state index in [0.29, 0.717) is 11.8 Å². The van der Waals surface area contributed by atoms with Crippen LogP contribution < -0.4 is 10.9 Å². The van der Waals surface area contributed by atoms with Crippen molar-refractivity contribution in [3.8, 4) is 0 Å². The lowest BCUT2D eigenvalue weighted by Crippen LogP contribution is -2.16. The van der Waals surface area contributed by atoms with Gasteiger partial charge in [0, 0.05) is 17.3 Å². The molecular formula is C19H18N2O2. The summed E-state index contributed by atoms with van der Waals surface area (Å²) < 4.78 is 0. The van der Waals surface area contributed by atoms with Gasteiger partial charge in [0.2, 0.25) is 5.91 Å². The van der Waals surface area contributed by atoms with Crippen LogP contribution in [0.1, 0.15) is 18.1 Å². The maximum absolute atomic E-state index is 12.3. The topological polar surface area (TPSA) is 62.0 Å². The van der Waals surface area contributed by atoms with E-state index in [9.17, 15) is 9.59 Å². The molecule has 23 heavy (non-hydrogen) atoms. The summed E-state index contributed by atoms with van der Waals surface area (Å²) in [6.07, 6.45) is 2.69. The van der Waals surface area contributed by atoms with E-state index < -0.39 is 0 Å². The Morgan fingerprint density at radius 1 is 1.13 bits per heavy atom. The summed E-state index contributed by atoms with van der Waals surface area (Å²) in [7, 11) is 0. The molecule has 0 aliphatic heterocycles. The van der Waals surface area contributed by atoms with E-state index in [1.54, 1.807) is 6.20 Å². The van der Waals surface area contributed by atoms with Crippen molar-refractivity contribution in [3.63, 3.8) is 0 Å². The molecule has 3 aromatic rings. The average molecular weight is 306 g/mol. The van der Waals surface area contributed by atoms with Crippen LogP contribution in [-0.4, -0.2) is 10.9 Å². The third-order valence-corrected chi connectivity index (χ3v) is 3.86. The van der Waals surface area contributed by atoms with Crippen LogP contribution in [0.4, 0.5) is 5.69 Å². The number of anilines is 1. The SMILES string of the molecule is CCc1cc2c(=O)[nH]ccc2cc1NC(=O)Cc1ccccc1. The number of fused-ring (bicyclic) bond motifs is 1. The highest BCUT2D eigenvalue weighted by atomic mass is 16.1. The van der Waals surface area contributed by atoms with E-state index in [2.05, 4.69) is 10.3 Å². The average Bonchev–Trinajstić information content (AvgIpc) is 2.55. The molecule has 0 saturated carbocycles. The van der Waals surface area contributed by atoms with Gasteiger partial charge in [-0.15, -0.1) is 0 Å². The van der Waals surface area contributed by atoms with E-state index in [0.717, 1.165) is 28.6 Å². The highest BCUT2D eigenvalue weighted by molar-refractivity contribution is 5.96. The second-order valence-electron chi connectivity index (χ2n) is 5.47. The first-order chi connectivity index (χ1) is 11.2. The summed E-state index contributed by atoms with van der Waals surface area (Å²) in [4.78, 5) is 26.8. The molecule has 0 aliphatic rings. The quantitative estimate of drug-likeness (QED) is 0.777. The molecule has 116 valence electrons. The monoisotopic (exact) mass is 306 g/mol. The molecule has 0 atom stereocenters. The van der Waals surface area contributed by atoms with Gasteiger partial charge in [-0.2, -0.15) is 0 Å². The summed E-state index contributed by atoms with van der Waals surface area (Å²) in [6, 6.07) is 15.2. The van der Waals surface area contributed by atoms with Gasteiger partial charge >= 0.3 is 0 Å². The standard InChI is InChI=1S/C19H18N2O2/c1-2-14-11-16-15(8-9-20-19(16)23)12-17(14)21-18(22)10-13-6-4-3-5-7-13/h3-9,11-12H,2,10H2,1H3,(H,20,23)(H,21,22). The predicted octanol–water partition coefficient (Wildman–Crippen LogP) is 3.27. The maximum Gasteiger partial charge on any atom is 0.255 e. The van der Waals surface area contributed by atoms with Gasteiger partial charge in [-0.3, -0.25) is 9.59 Å². The minimum atomic E-state index is -0.112. The molecule has 0 aliphatic carbocycles. The Hall–Kier alpha value is -2.88. The third kappa shape index (κ3) is 3.31. The second-order valence-corrected chi connectivity index (χ2v) is 5.47. The molecule has 0 spiro atoms. The molecule has 0 bridgehead atoms. The number of aromatic nitrogens is 1. The Bertz CT molecular complexity index is 898. The van der Waals surface area contributed by atoms with Crippen LogP contribution in [0.5, 0.6) is 0 Å². The van der Waals surface area contributed by atoms with Gasteiger partial charge in [-0.25, -0.2) is 0 Å². The van der Waals surface area contributed by atoms with Gasteiger partial charge in [-0.1, -0.05) is 37.3 Å². The number of hydrogen-bond donors (Lipinski definition) is 2. The van der Waals surface area contributed by atoms with Crippen molar-refractivity contribution in [1.29, 1.82) is 0 Å². The molecule has 0 saturated heterocycles. The molecule has 0 fully saturated rings. The largest absolute Gasteiger partial charge is 0.329 e. The first-order valence-corrected chi connectivity index (χ1v) is 7.65. The van der Waals surface area contributed by atoms with Gasteiger partial charge < -0.3 is 10.3 Å². The normalized spacial score (nSPS) is 10.7. The second kappa shape index (κ2) is 6.48. The lowest BCUT2D eigenvalue weighted by Gasteiger charge is -2.11. The molecule has 1 amide bonds. The van der Waals surface area contributed by atoms with Gasteiger partial charge in [0.15, 0.2) is 0 Å². The summed E-state index contributed by atoms with van der Waals surface area (Å²) >= 11 is 0. The third-order valence-electron chi connectivity index (χ3n) is 3.86. The minimum absolute atomic E-state index is 0.0601. The maximum atomic E-state index is 12.3. The molecule has 0 radical (unpaired) electrons. The van der Waals surface area contributed by atoms with E-state index in [1.807, 2.05) is 55.5 Å². The molecule has 2 aromatic carbocycles. The van der Waals surface area contributed by atoms with E-state index >= 15 is 0 Å². The summed E-state index contributed by atoms with van der Waals surface area (Å²) in [6.45, 7) is 2.01. The van der Waals surface area contributed by atoms with Crippen LogP contribution >= 0.6 is 0 Å². The molecular weight excluding hydrogens is 288 g/mol. The van der Waals surface area contributed by atoms with Crippen LogP contribution in [0.15, 0.2) is 59.5 Å². The first-order valence-electron chi connectivity index (χ1n) is 7.65. The van der Waals surface area contributed by atoms with Crippen LogP contribution in [-0.2, 0) is 17.6 Å². The summed E-state index contributed by atoms with van der Waals surface area (Å²) in [5.74, 6) is -0.0601. The van der Waals surface area contributed by atoms with Crippen LogP contribution in [0.2, 0.25) is 0 Å². The fourth-order valence-electron chi connectivity index (χ4n) is 2.67. The number of benzene rings is 2. The molecule has 2 N–H and O–H groups in total. The van der Waals surface area contributed by atoms with Gasteiger partial charge in [0.25, 0.3) is 5.56 Å². The zero-order valence-electron chi connectivity index (χ0n) is 12.9. The van der Waals surface area contributed by atoms with Gasteiger partial charge in [-0.05, 0) is 41.1 Å². The highest BCUT2D eigenvalue weighted by Gasteiger charge is 2.10. The van der Waals surface area contributed by atoms with Crippen LogP contribution in [0.25, 0.3) is 10.8 Å². The van der Waals surface area contributed by atoms with Crippen molar-refractivity contribution in [2.45, 2.75) is 19.8 Å². The molecule has 3 rings (SSSR count). The van der Waals surface area contributed by atoms with Gasteiger partial charge in [0.05, 0.1) is 6.42 Å². The van der Waals surface area contributed by atoms with Crippen molar-refractivity contribution in [3.05, 3.63) is 76.2 Å². The number of H-pyrrole nitrogens is 1. The number of rotatable bonds is 4. The van der Waals surface area contributed by atoms with Crippen molar-refractivity contribution in [2.24, 2.45) is 0 Å². The fraction of sp³-hybridized carbons (Fsp3) is 0.158. The van der Waals surface area contributed by atoms with Crippen molar-refractivity contribution >= 4 is 22.4 Å². The summed E-state index contributed by atoms with van der Waals surface area (Å²) in [5.41, 5.74) is 2.58. The predicted molar refractivity (Wildman–Crippen MR) is 92.7 cm³/mol. The molecule has 0 unspecified atom stereocenters. The Kier molecular flexibility index (Phi) is 4.24. The molecule has 4 heteroatoms. The molecule has 4 nitrogen and oxygen atoms in total. The Labute approximate surface area is 134 Å². The summed E-state index contributed by atoms with van der Waals surface area (Å²) in [5, 5.41) is 4.43. The lowest BCUT2D eigenvalue weighted by molar-refractivity contribution is -0.115. The lowest BCUT2D eigenvalue weighted by atomic mass is 10.0. The van der Waals surface area contributed by atoms with Crippen molar-refractivity contribution < 1.29 is 4.79 Å². The zero-order chi connectivity index (χ0) is 16.2. The van der Waals surface area contributed by atoms with E-state index in [-0.39, 0.29) is 11.5 Å². The molecule has 1 heterocycles.